The lowest BCUT2D eigenvalue weighted by atomic mass is 10.00. The van der Waals surface area contributed by atoms with Gasteiger partial charge in [-0.05, 0) is 25.5 Å². The van der Waals surface area contributed by atoms with Crippen molar-refractivity contribution in [2.45, 2.75) is 30.7 Å². The lowest BCUT2D eigenvalue weighted by Gasteiger charge is -2.33. The molecule has 0 aromatic carbocycles. The number of rotatable bonds is 6. The maximum atomic E-state index is 12.6. The Balaban J connectivity index is 1.53. The van der Waals surface area contributed by atoms with E-state index in [0.29, 0.717) is 24.5 Å². The van der Waals surface area contributed by atoms with Crippen LogP contribution in [-0.2, 0) is 19.6 Å². The van der Waals surface area contributed by atoms with Crippen molar-refractivity contribution in [3.8, 4) is 0 Å². The fourth-order valence-electron chi connectivity index (χ4n) is 3.17. The smallest absolute Gasteiger partial charge is 0.322 e. The molecule has 2 fully saturated rings. The number of nitrogens with one attached hydrogen (secondary N) is 2. The summed E-state index contributed by atoms with van der Waals surface area (Å²) in [6, 6.07) is 2.39. The SMILES string of the molecule is CCC1(C)NC(=O)N(NC(=O)CN2CCN(S(=O)(=O)c3cccnc3)CC2)C1=O. The summed E-state index contributed by atoms with van der Waals surface area (Å²) < 4.78 is 26.6. The molecule has 1 unspecified atom stereocenters. The number of amides is 4. The van der Waals surface area contributed by atoms with Gasteiger partial charge in [-0.1, -0.05) is 6.92 Å². The summed E-state index contributed by atoms with van der Waals surface area (Å²) in [5.41, 5.74) is 1.30. The van der Waals surface area contributed by atoms with Gasteiger partial charge in [0.05, 0.1) is 6.54 Å². The normalized spacial score (nSPS) is 23.9. The van der Waals surface area contributed by atoms with Crippen molar-refractivity contribution in [2.24, 2.45) is 0 Å². The van der Waals surface area contributed by atoms with E-state index in [1.807, 2.05) is 0 Å². The Hall–Kier alpha value is -2.57. The number of piperazine rings is 1. The highest BCUT2D eigenvalue weighted by molar-refractivity contribution is 7.89. The van der Waals surface area contributed by atoms with Gasteiger partial charge in [0.25, 0.3) is 11.8 Å². The zero-order valence-corrected chi connectivity index (χ0v) is 17.1. The molecule has 12 heteroatoms. The summed E-state index contributed by atoms with van der Waals surface area (Å²) in [5, 5.41) is 3.26. The number of carbonyl (C=O) groups excluding carboxylic acids is 3. The minimum atomic E-state index is -3.63. The first kappa shape index (κ1) is 21.1. The summed E-state index contributed by atoms with van der Waals surface area (Å²) >= 11 is 0. The molecule has 29 heavy (non-hydrogen) atoms. The first-order valence-electron chi connectivity index (χ1n) is 9.26. The molecule has 4 amide bonds. The second kappa shape index (κ2) is 8.05. The van der Waals surface area contributed by atoms with E-state index in [4.69, 9.17) is 0 Å². The molecular formula is C17H24N6O5S. The number of hydrogen-bond donors (Lipinski definition) is 2. The Morgan fingerprint density at radius 1 is 1.28 bits per heavy atom. The van der Waals surface area contributed by atoms with Gasteiger partial charge in [-0.2, -0.15) is 9.31 Å². The van der Waals surface area contributed by atoms with Crippen LogP contribution in [-0.4, -0.2) is 83.7 Å². The third-order valence-corrected chi connectivity index (χ3v) is 7.06. The summed E-state index contributed by atoms with van der Waals surface area (Å²) in [6.45, 7) is 4.45. The number of urea groups is 1. The number of carbonyl (C=O) groups is 3. The molecule has 158 valence electrons. The lowest BCUT2D eigenvalue weighted by molar-refractivity contribution is -0.139. The topological polar surface area (TPSA) is 132 Å². The predicted octanol–water partition coefficient (Wildman–Crippen LogP) is -0.860. The van der Waals surface area contributed by atoms with Gasteiger partial charge in [0.15, 0.2) is 0 Å². The van der Waals surface area contributed by atoms with E-state index in [1.165, 1.54) is 22.8 Å². The van der Waals surface area contributed by atoms with E-state index in [9.17, 15) is 22.8 Å². The number of aromatic nitrogens is 1. The van der Waals surface area contributed by atoms with Gasteiger partial charge in [0, 0.05) is 38.6 Å². The third kappa shape index (κ3) is 4.23. The molecule has 0 aliphatic carbocycles. The van der Waals surface area contributed by atoms with Crippen molar-refractivity contribution in [1.82, 2.24) is 29.9 Å². The molecule has 1 aromatic rings. The number of pyridine rings is 1. The van der Waals surface area contributed by atoms with Crippen LogP contribution in [0.5, 0.6) is 0 Å². The summed E-state index contributed by atoms with van der Waals surface area (Å²) in [7, 11) is -3.63. The average Bonchev–Trinajstić information content (AvgIpc) is 2.92. The molecule has 11 nitrogen and oxygen atoms in total. The van der Waals surface area contributed by atoms with Gasteiger partial charge in [-0.25, -0.2) is 13.2 Å². The van der Waals surface area contributed by atoms with Crippen LogP contribution in [0.25, 0.3) is 0 Å². The van der Waals surface area contributed by atoms with Crippen LogP contribution >= 0.6 is 0 Å². The van der Waals surface area contributed by atoms with Crippen LogP contribution in [0, 0.1) is 0 Å². The molecule has 2 saturated heterocycles. The number of imide groups is 1. The molecule has 1 atom stereocenters. The lowest BCUT2D eigenvalue weighted by Crippen LogP contribution is -2.54. The van der Waals surface area contributed by atoms with Crippen molar-refractivity contribution < 1.29 is 22.8 Å². The molecule has 0 spiro atoms. The van der Waals surface area contributed by atoms with Gasteiger partial charge in [0.2, 0.25) is 10.0 Å². The quantitative estimate of drug-likeness (QED) is 0.568. The highest BCUT2D eigenvalue weighted by atomic mass is 32.2. The zero-order valence-electron chi connectivity index (χ0n) is 16.3. The number of nitrogens with zero attached hydrogens (tertiary/aromatic N) is 4. The zero-order chi connectivity index (χ0) is 21.2. The predicted molar refractivity (Wildman–Crippen MR) is 102 cm³/mol. The second-order valence-corrected chi connectivity index (χ2v) is 9.10. The van der Waals surface area contributed by atoms with Crippen LogP contribution in [0.4, 0.5) is 4.79 Å². The Kier molecular flexibility index (Phi) is 5.87. The number of sulfonamides is 1. The van der Waals surface area contributed by atoms with Gasteiger partial charge >= 0.3 is 6.03 Å². The summed E-state index contributed by atoms with van der Waals surface area (Å²) in [6.07, 6.45) is 3.21. The van der Waals surface area contributed by atoms with Crippen molar-refractivity contribution in [3.05, 3.63) is 24.5 Å². The Labute approximate surface area is 169 Å². The van der Waals surface area contributed by atoms with Gasteiger partial charge in [-0.3, -0.25) is 24.9 Å². The highest BCUT2D eigenvalue weighted by Gasteiger charge is 2.47. The summed E-state index contributed by atoms with van der Waals surface area (Å²) in [5.74, 6) is -1.02. The van der Waals surface area contributed by atoms with Gasteiger partial charge in [-0.15, -0.1) is 0 Å². The van der Waals surface area contributed by atoms with E-state index in [0.717, 1.165) is 0 Å². The van der Waals surface area contributed by atoms with E-state index in [2.05, 4.69) is 15.7 Å². The molecule has 3 heterocycles. The molecule has 0 radical (unpaired) electrons. The van der Waals surface area contributed by atoms with E-state index in [1.54, 1.807) is 24.8 Å². The van der Waals surface area contributed by atoms with E-state index >= 15 is 0 Å². The molecule has 2 N–H and O–H groups in total. The Morgan fingerprint density at radius 3 is 2.52 bits per heavy atom. The fourth-order valence-corrected chi connectivity index (χ4v) is 4.55. The summed E-state index contributed by atoms with van der Waals surface area (Å²) in [4.78, 5) is 42.3. The van der Waals surface area contributed by atoms with Gasteiger partial charge < -0.3 is 5.32 Å². The standard InChI is InChI=1S/C17H24N6O5S/c1-3-17(2)15(25)23(16(26)19-17)20-14(24)12-21-7-9-22(10-8-21)29(27,28)13-5-4-6-18-11-13/h4-6,11H,3,7-10,12H2,1-2H3,(H,19,26)(H,20,24). The third-order valence-electron chi connectivity index (χ3n) is 5.18. The minimum Gasteiger partial charge on any atom is -0.322 e. The van der Waals surface area contributed by atoms with Crippen molar-refractivity contribution in [1.29, 1.82) is 0 Å². The largest absolute Gasteiger partial charge is 0.344 e. The fraction of sp³-hybridized carbons (Fsp3) is 0.529. The van der Waals surface area contributed by atoms with Crippen LogP contribution in [0.3, 0.4) is 0 Å². The monoisotopic (exact) mass is 424 g/mol. The van der Waals surface area contributed by atoms with E-state index in [-0.39, 0.29) is 24.5 Å². The van der Waals surface area contributed by atoms with Gasteiger partial charge in [0.1, 0.15) is 10.4 Å². The van der Waals surface area contributed by atoms with Crippen LogP contribution in [0.15, 0.2) is 29.4 Å². The molecule has 0 bridgehead atoms. The minimum absolute atomic E-state index is 0.0549. The van der Waals surface area contributed by atoms with Crippen LogP contribution < -0.4 is 10.7 Å². The van der Waals surface area contributed by atoms with Crippen molar-refractivity contribution in [2.75, 3.05) is 32.7 Å². The molecule has 1 aromatic heterocycles. The Bertz CT molecular complexity index is 900. The van der Waals surface area contributed by atoms with Crippen molar-refractivity contribution in [3.63, 3.8) is 0 Å². The molecule has 2 aliphatic rings. The molecule has 0 saturated carbocycles. The second-order valence-electron chi connectivity index (χ2n) is 7.16. The highest BCUT2D eigenvalue weighted by Crippen LogP contribution is 2.19. The first-order chi connectivity index (χ1) is 13.7. The molecular weight excluding hydrogens is 400 g/mol. The van der Waals surface area contributed by atoms with Crippen molar-refractivity contribution >= 4 is 27.9 Å². The molecule has 3 rings (SSSR count). The average molecular weight is 424 g/mol. The maximum Gasteiger partial charge on any atom is 0.344 e. The number of hydrazine groups is 1. The molecule has 2 aliphatic heterocycles. The Morgan fingerprint density at radius 2 is 1.97 bits per heavy atom. The maximum absolute atomic E-state index is 12.6. The van der Waals surface area contributed by atoms with Crippen LogP contribution in [0.2, 0.25) is 0 Å². The van der Waals surface area contributed by atoms with Crippen LogP contribution in [0.1, 0.15) is 20.3 Å². The number of hydrogen-bond acceptors (Lipinski definition) is 7. The van der Waals surface area contributed by atoms with E-state index < -0.39 is 33.4 Å². The first-order valence-corrected chi connectivity index (χ1v) is 10.7.